The lowest BCUT2D eigenvalue weighted by molar-refractivity contribution is -0.136. The summed E-state index contributed by atoms with van der Waals surface area (Å²) in [6, 6.07) is 15.0. The second-order valence-electron chi connectivity index (χ2n) is 5.86. The monoisotopic (exact) mass is 383 g/mol. The Kier molecular flexibility index (Phi) is 5.93. The summed E-state index contributed by atoms with van der Waals surface area (Å²) in [4.78, 5) is 29.3. The smallest absolute Gasteiger partial charge is 0.313 e. The van der Waals surface area contributed by atoms with Gasteiger partial charge in [0.15, 0.2) is 0 Å². The van der Waals surface area contributed by atoms with Gasteiger partial charge in [0, 0.05) is 29.1 Å². The molecule has 5 nitrogen and oxygen atoms in total. The number of para-hydroxylation sites is 1. The highest BCUT2D eigenvalue weighted by Gasteiger charge is 2.14. The molecule has 0 aliphatic heterocycles. The molecule has 1 heterocycles. The van der Waals surface area contributed by atoms with Crippen LogP contribution in [0.25, 0.3) is 10.6 Å². The van der Waals surface area contributed by atoms with E-state index in [1.807, 2.05) is 13.0 Å². The number of aryl methyl sites for hydroxylation is 1. The Hall–Kier alpha value is -3.06. The summed E-state index contributed by atoms with van der Waals surface area (Å²) in [5.41, 5.74) is 2.28. The number of rotatable bonds is 5. The van der Waals surface area contributed by atoms with Gasteiger partial charge in [-0.25, -0.2) is 9.37 Å². The Morgan fingerprint density at radius 2 is 1.74 bits per heavy atom. The maximum absolute atomic E-state index is 13.0. The Morgan fingerprint density at radius 1 is 1.04 bits per heavy atom. The molecular weight excluding hydrogens is 365 g/mol. The van der Waals surface area contributed by atoms with Crippen molar-refractivity contribution in [1.29, 1.82) is 0 Å². The fourth-order valence-corrected chi connectivity index (χ4v) is 3.52. The van der Waals surface area contributed by atoms with E-state index >= 15 is 0 Å². The van der Waals surface area contributed by atoms with Crippen molar-refractivity contribution in [2.75, 3.05) is 11.9 Å². The molecule has 2 amide bonds. The van der Waals surface area contributed by atoms with E-state index in [0.29, 0.717) is 18.7 Å². The molecule has 0 aliphatic carbocycles. The molecule has 0 atom stereocenters. The summed E-state index contributed by atoms with van der Waals surface area (Å²) in [5.74, 6) is -1.67. The summed E-state index contributed by atoms with van der Waals surface area (Å²) in [6.45, 7) is 2.22. The summed E-state index contributed by atoms with van der Waals surface area (Å²) in [5, 5.41) is 5.96. The fraction of sp³-hybridized carbons (Fsp3) is 0.150. The van der Waals surface area contributed by atoms with E-state index in [4.69, 9.17) is 0 Å². The van der Waals surface area contributed by atoms with Gasteiger partial charge < -0.3 is 10.6 Å². The van der Waals surface area contributed by atoms with Gasteiger partial charge in [0.2, 0.25) is 0 Å². The number of nitrogens with zero attached hydrogens (tertiary/aromatic N) is 1. The molecule has 27 heavy (non-hydrogen) atoms. The van der Waals surface area contributed by atoms with E-state index < -0.39 is 11.8 Å². The molecule has 2 N–H and O–H groups in total. The topological polar surface area (TPSA) is 71.1 Å². The minimum atomic E-state index is -0.700. The molecule has 2 aromatic carbocycles. The molecule has 3 rings (SSSR count). The first-order valence-corrected chi connectivity index (χ1v) is 9.21. The van der Waals surface area contributed by atoms with Crippen LogP contribution in [0.4, 0.5) is 10.1 Å². The van der Waals surface area contributed by atoms with Gasteiger partial charge in [-0.05, 0) is 43.3 Å². The number of halogens is 1. The van der Waals surface area contributed by atoms with Crippen molar-refractivity contribution < 1.29 is 14.0 Å². The summed E-state index contributed by atoms with van der Waals surface area (Å²) < 4.78 is 13.0. The number of amides is 2. The van der Waals surface area contributed by atoms with Crippen molar-refractivity contribution in [3.8, 4) is 10.6 Å². The third-order valence-corrected chi connectivity index (χ3v) is 5.13. The zero-order chi connectivity index (χ0) is 19.2. The van der Waals surface area contributed by atoms with Gasteiger partial charge >= 0.3 is 11.8 Å². The van der Waals surface area contributed by atoms with Crippen LogP contribution in [-0.4, -0.2) is 23.3 Å². The van der Waals surface area contributed by atoms with Gasteiger partial charge in [0.1, 0.15) is 10.8 Å². The Labute approximate surface area is 160 Å². The number of benzene rings is 2. The molecule has 0 unspecified atom stereocenters. The molecule has 3 aromatic rings. The largest absolute Gasteiger partial charge is 0.347 e. The van der Waals surface area contributed by atoms with E-state index in [0.717, 1.165) is 21.1 Å². The number of thiazole rings is 1. The van der Waals surface area contributed by atoms with Gasteiger partial charge in [-0.3, -0.25) is 9.59 Å². The molecule has 0 spiro atoms. The zero-order valence-electron chi connectivity index (χ0n) is 14.7. The van der Waals surface area contributed by atoms with Crippen molar-refractivity contribution in [3.05, 3.63) is 71.0 Å². The van der Waals surface area contributed by atoms with Crippen LogP contribution in [-0.2, 0) is 16.0 Å². The molecule has 0 saturated heterocycles. The van der Waals surface area contributed by atoms with E-state index in [1.54, 1.807) is 36.4 Å². The molecule has 0 radical (unpaired) electrons. The van der Waals surface area contributed by atoms with Crippen molar-refractivity contribution in [2.45, 2.75) is 13.3 Å². The standard InChI is InChI=1S/C20H18FN3O2S/c1-13-17(27-20(23-13)14-7-9-15(21)10-8-14)11-12-22-18(25)19(26)24-16-5-3-2-4-6-16/h2-10H,11-12H2,1H3,(H,22,25)(H,24,26). The van der Waals surface area contributed by atoms with Gasteiger partial charge in [-0.2, -0.15) is 0 Å². The average Bonchev–Trinajstić information content (AvgIpc) is 3.03. The highest BCUT2D eigenvalue weighted by atomic mass is 32.1. The molecular formula is C20H18FN3O2S. The quantitative estimate of drug-likeness (QED) is 0.662. The summed E-state index contributed by atoms with van der Waals surface area (Å²) >= 11 is 1.50. The number of aromatic nitrogens is 1. The lowest BCUT2D eigenvalue weighted by Gasteiger charge is -2.06. The molecule has 0 saturated carbocycles. The lowest BCUT2D eigenvalue weighted by Crippen LogP contribution is -2.36. The number of nitrogens with one attached hydrogen (secondary N) is 2. The lowest BCUT2D eigenvalue weighted by atomic mass is 10.2. The first-order valence-electron chi connectivity index (χ1n) is 8.39. The molecule has 0 fully saturated rings. The van der Waals surface area contributed by atoms with Crippen LogP contribution in [0, 0.1) is 12.7 Å². The predicted molar refractivity (Wildman–Crippen MR) is 104 cm³/mol. The first kappa shape index (κ1) is 18.7. The molecule has 138 valence electrons. The first-order chi connectivity index (χ1) is 13.0. The number of carbonyl (C=O) groups is 2. The van der Waals surface area contributed by atoms with Crippen LogP contribution < -0.4 is 10.6 Å². The second kappa shape index (κ2) is 8.55. The Balaban J connectivity index is 1.53. The number of hydrogen-bond acceptors (Lipinski definition) is 4. The maximum Gasteiger partial charge on any atom is 0.313 e. The van der Waals surface area contributed by atoms with Gasteiger partial charge in [-0.1, -0.05) is 18.2 Å². The van der Waals surface area contributed by atoms with E-state index in [2.05, 4.69) is 15.6 Å². The van der Waals surface area contributed by atoms with Crippen LogP contribution >= 0.6 is 11.3 Å². The van der Waals surface area contributed by atoms with Crippen LogP contribution in [0.3, 0.4) is 0 Å². The fourth-order valence-electron chi connectivity index (χ4n) is 2.46. The molecule has 7 heteroatoms. The van der Waals surface area contributed by atoms with Gasteiger partial charge in [0.25, 0.3) is 0 Å². The number of anilines is 1. The highest BCUT2D eigenvalue weighted by molar-refractivity contribution is 7.15. The third kappa shape index (κ3) is 4.98. The van der Waals surface area contributed by atoms with Gasteiger partial charge in [-0.15, -0.1) is 11.3 Å². The van der Waals surface area contributed by atoms with Crippen LogP contribution in [0.2, 0.25) is 0 Å². The molecule has 0 bridgehead atoms. The van der Waals surface area contributed by atoms with Crippen molar-refractivity contribution in [1.82, 2.24) is 10.3 Å². The minimum absolute atomic E-state index is 0.288. The minimum Gasteiger partial charge on any atom is -0.347 e. The molecule has 0 aliphatic rings. The van der Waals surface area contributed by atoms with Crippen molar-refractivity contribution in [2.24, 2.45) is 0 Å². The predicted octanol–water partition coefficient (Wildman–Crippen LogP) is 3.56. The highest BCUT2D eigenvalue weighted by Crippen LogP contribution is 2.28. The second-order valence-corrected chi connectivity index (χ2v) is 6.94. The summed E-state index contributed by atoms with van der Waals surface area (Å²) in [6.07, 6.45) is 0.565. The third-order valence-electron chi connectivity index (χ3n) is 3.86. The SMILES string of the molecule is Cc1nc(-c2ccc(F)cc2)sc1CCNC(=O)C(=O)Nc1ccccc1. The van der Waals surface area contributed by atoms with Crippen molar-refractivity contribution in [3.63, 3.8) is 0 Å². The maximum atomic E-state index is 13.0. The van der Waals surface area contributed by atoms with Crippen LogP contribution in [0.15, 0.2) is 54.6 Å². The molecule has 1 aromatic heterocycles. The Bertz CT molecular complexity index is 940. The van der Waals surface area contributed by atoms with Gasteiger partial charge in [0.05, 0.1) is 5.69 Å². The summed E-state index contributed by atoms with van der Waals surface area (Å²) in [7, 11) is 0. The van der Waals surface area contributed by atoms with Crippen LogP contribution in [0.5, 0.6) is 0 Å². The van der Waals surface area contributed by atoms with E-state index in [9.17, 15) is 14.0 Å². The van der Waals surface area contributed by atoms with Crippen LogP contribution in [0.1, 0.15) is 10.6 Å². The normalized spacial score (nSPS) is 10.4. The zero-order valence-corrected chi connectivity index (χ0v) is 15.5. The van der Waals surface area contributed by atoms with E-state index in [-0.39, 0.29) is 5.82 Å². The Morgan fingerprint density at radius 3 is 2.44 bits per heavy atom. The number of hydrogen-bond donors (Lipinski definition) is 2. The average molecular weight is 383 g/mol. The van der Waals surface area contributed by atoms with E-state index in [1.165, 1.54) is 23.5 Å². The van der Waals surface area contributed by atoms with Crippen molar-refractivity contribution >= 4 is 28.8 Å². The number of carbonyl (C=O) groups excluding carboxylic acids is 2.